The number of nitrogens with zero attached hydrogens (tertiary/aromatic N) is 1. The average molecular weight is 425 g/mol. The largest absolute Gasteiger partial charge is 0.354 e. The lowest BCUT2D eigenvalue weighted by atomic mass is 10.1. The monoisotopic (exact) mass is 424 g/mol. The summed E-state index contributed by atoms with van der Waals surface area (Å²) in [5.41, 5.74) is 0.576. The molecule has 0 saturated carbocycles. The molecule has 0 spiro atoms. The van der Waals surface area contributed by atoms with Crippen LogP contribution in [-0.4, -0.2) is 35.0 Å². The summed E-state index contributed by atoms with van der Waals surface area (Å²) < 4.78 is 0. The lowest BCUT2D eigenvalue weighted by Crippen LogP contribution is -2.37. The first kappa shape index (κ1) is 20.0. The molecule has 142 valence electrons. The van der Waals surface area contributed by atoms with Gasteiger partial charge in [0.1, 0.15) is 0 Å². The molecule has 1 atom stereocenters. The van der Waals surface area contributed by atoms with E-state index in [0.29, 0.717) is 22.0 Å². The zero-order chi connectivity index (χ0) is 19.4. The van der Waals surface area contributed by atoms with E-state index in [1.807, 2.05) is 0 Å². The molecule has 1 aromatic carbocycles. The van der Waals surface area contributed by atoms with Gasteiger partial charge in [-0.15, -0.1) is 0 Å². The van der Waals surface area contributed by atoms with E-state index in [9.17, 15) is 14.4 Å². The van der Waals surface area contributed by atoms with Crippen LogP contribution in [0.3, 0.4) is 0 Å². The molecule has 1 aliphatic carbocycles. The van der Waals surface area contributed by atoms with E-state index >= 15 is 0 Å². The van der Waals surface area contributed by atoms with Crippen LogP contribution < -0.4 is 5.32 Å². The van der Waals surface area contributed by atoms with E-state index in [0.717, 1.165) is 29.5 Å². The second kappa shape index (κ2) is 8.95. The van der Waals surface area contributed by atoms with Gasteiger partial charge in [0.05, 0.1) is 15.0 Å². The van der Waals surface area contributed by atoms with Crippen molar-refractivity contribution in [3.05, 3.63) is 50.9 Å². The summed E-state index contributed by atoms with van der Waals surface area (Å²) in [4.78, 5) is 38.0. The highest BCUT2D eigenvalue weighted by Crippen LogP contribution is 2.34. The number of thioether (sulfide) groups is 1. The molecular weight excluding hydrogens is 407 g/mol. The van der Waals surface area contributed by atoms with E-state index in [1.54, 1.807) is 24.3 Å². The molecular formula is C19H18Cl2N2O3S. The van der Waals surface area contributed by atoms with Crippen molar-refractivity contribution >= 4 is 58.1 Å². The first-order chi connectivity index (χ1) is 13.0. The molecule has 3 rings (SSSR count). The smallest absolute Gasteiger partial charge is 0.293 e. The average Bonchev–Trinajstić information content (AvgIpc) is 3.22. The molecule has 1 N–H and O–H groups in total. The fourth-order valence-electron chi connectivity index (χ4n) is 2.95. The fourth-order valence-corrected chi connectivity index (χ4v) is 4.17. The molecule has 8 heteroatoms. The van der Waals surface area contributed by atoms with Crippen molar-refractivity contribution in [3.63, 3.8) is 0 Å². The van der Waals surface area contributed by atoms with E-state index < -0.39 is 5.91 Å². The van der Waals surface area contributed by atoms with Crippen molar-refractivity contribution in [2.24, 2.45) is 5.92 Å². The Morgan fingerprint density at radius 1 is 1.33 bits per heavy atom. The topological polar surface area (TPSA) is 66.5 Å². The number of imide groups is 1. The van der Waals surface area contributed by atoms with E-state index in [1.165, 1.54) is 0 Å². The van der Waals surface area contributed by atoms with Gasteiger partial charge in [-0.3, -0.25) is 19.3 Å². The highest BCUT2D eigenvalue weighted by molar-refractivity contribution is 8.18. The van der Waals surface area contributed by atoms with Crippen LogP contribution in [-0.2, 0) is 9.59 Å². The van der Waals surface area contributed by atoms with Crippen LogP contribution >= 0.6 is 35.0 Å². The van der Waals surface area contributed by atoms with Gasteiger partial charge < -0.3 is 5.32 Å². The van der Waals surface area contributed by atoms with Crippen molar-refractivity contribution in [3.8, 4) is 0 Å². The molecule has 1 saturated heterocycles. The van der Waals surface area contributed by atoms with Gasteiger partial charge in [-0.05, 0) is 48.2 Å². The predicted octanol–water partition coefficient (Wildman–Crippen LogP) is 4.50. The highest BCUT2D eigenvalue weighted by atomic mass is 35.5. The minimum absolute atomic E-state index is 0.0697. The van der Waals surface area contributed by atoms with Crippen LogP contribution in [0, 0.1) is 5.92 Å². The zero-order valence-corrected chi connectivity index (χ0v) is 16.7. The number of allylic oxidation sites excluding steroid dienone is 2. The third-order valence-corrected chi connectivity index (χ3v) is 6.10. The lowest BCUT2D eigenvalue weighted by molar-refractivity contribution is -0.124. The minimum atomic E-state index is -0.394. The van der Waals surface area contributed by atoms with Gasteiger partial charge in [0.25, 0.3) is 11.1 Å². The maximum Gasteiger partial charge on any atom is 0.293 e. The molecule has 0 radical (unpaired) electrons. The lowest BCUT2D eigenvalue weighted by Gasteiger charge is -2.14. The van der Waals surface area contributed by atoms with Crippen LogP contribution in [0.25, 0.3) is 6.08 Å². The first-order valence-corrected chi connectivity index (χ1v) is 10.2. The van der Waals surface area contributed by atoms with Gasteiger partial charge in [-0.1, -0.05) is 47.5 Å². The molecule has 1 fully saturated rings. The normalized spacial score (nSPS) is 20.7. The van der Waals surface area contributed by atoms with E-state index in [4.69, 9.17) is 23.2 Å². The van der Waals surface area contributed by atoms with E-state index in [-0.39, 0.29) is 35.1 Å². The summed E-state index contributed by atoms with van der Waals surface area (Å²) in [6.07, 6.45) is 8.14. The van der Waals surface area contributed by atoms with Gasteiger partial charge in [-0.2, -0.15) is 0 Å². The Balaban J connectivity index is 1.56. The molecule has 0 aromatic heterocycles. The van der Waals surface area contributed by atoms with Crippen LogP contribution in [0.5, 0.6) is 0 Å². The van der Waals surface area contributed by atoms with Gasteiger partial charge >= 0.3 is 0 Å². The molecule has 1 aliphatic heterocycles. The second-order valence-corrected chi connectivity index (χ2v) is 8.07. The third-order valence-electron chi connectivity index (χ3n) is 4.36. The summed E-state index contributed by atoms with van der Waals surface area (Å²) in [5, 5.41) is 3.12. The number of hydrogen-bond acceptors (Lipinski definition) is 4. The van der Waals surface area contributed by atoms with Gasteiger partial charge in [0.2, 0.25) is 5.91 Å². The van der Waals surface area contributed by atoms with Gasteiger partial charge in [-0.25, -0.2) is 0 Å². The molecule has 1 unspecified atom stereocenters. The zero-order valence-electron chi connectivity index (χ0n) is 14.4. The SMILES string of the molecule is O=C(CC1C=CCC1)NCCN1C(=O)S/C(=C\c2cccc(Cl)c2Cl)C1=O. The fraction of sp³-hybridized carbons (Fsp3) is 0.316. The number of carbonyl (C=O) groups is 3. The highest BCUT2D eigenvalue weighted by Gasteiger charge is 2.34. The Labute approximate surface area is 171 Å². The Bertz CT molecular complexity index is 838. The number of hydrogen-bond donors (Lipinski definition) is 1. The van der Waals surface area contributed by atoms with Crippen molar-refractivity contribution in [2.45, 2.75) is 19.3 Å². The molecule has 0 bridgehead atoms. The minimum Gasteiger partial charge on any atom is -0.354 e. The van der Waals surface area contributed by atoms with Crippen LogP contribution in [0.2, 0.25) is 10.0 Å². The maximum atomic E-state index is 12.5. The molecule has 1 aromatic rings. The molecule has 1 heterocycles. The van der Waals surface area contributed by atoms with Crippen LogP contribution in [0.1, 0.15) is 24.8 Å². The van der Waals surface area contributed by atoms with Crippen LogP contribution in [0.4, 0.5) is 4.79 Å². The summed E-state index contributed by atoms with van der Waals surface area (Å²) >= 11 is 13.0. The summed E-state index contributed by atoms with van der Waals surface area (Å²) in [6.45, 7) is 0.371. The number of halogens is 2. The molecule has 2 aliphatic rings. The number of amides is 3. The molecule has 27 heavy (non-hydrogen) atoms. The van der Waals surface area contributed by atoms with Crippen molar-refractivity contribution in [2.75, 3.05) is 13.1 Å². The first-order valence-electron chi connectivity index (χ1n) is 8.58. The van der Waals surface area contributed by atoms with Crippen molar-refractivity contribution < 1.29 is 14.4 Å². The number of carbonyl (C=O) groups excluding carboxylic acids is 3. The van der Waals surface area contributed by atoms with E-state index in [2.05, 4.69) is 17.5 Å². The van der Waals surface area contributed by atoms with Crippen molar-refractivity contribution in [1.82, 2.24) is 10.2 Å². The predicted molar refractivity (Wildman–Crippen MR) is 109 cm³/mol. The number of benzene rings is 1. The Morgan fingerprint density at radius 3 is 2.89 bits per heavy atom. The summed E-state index contributed by atoms with van der Waals surface area (Å²) in [5.74, 6) is -0.179. The molecule has 3 amide bonds. The maximum absolute atomic E-state index is 12.5. The quantitative estimate of drug-likeness (QED) is 0.538. The van der Waals surface area contributed by atoms with Crippen LogP contribution in [0.15, 0.2) is 35.3 Å². The summed E-state index contributed by atoms with van der Waals surface area (Å²) in [6, 6.07) is 5.09. The molecule has 5 nitrogen and oxygen atoms in total. The number of nitrogens with one attached hydrogen (secondary N) is 1. The Hall–Kier alpha value is -1.76. The van der Waals surface area contributed by atoms with Crippen molar-refractivity contribution in [1.29, 1.82) is 0 Å². The second-order valence-electron chi connectivity index (χ2n) is 6.30. The standard InChI is InChI=1S/C19H18Cl2N2O3S/c20-14-7-3-6-13(17(14)21)11-15-18(25)23(19(26)27-15)9-8-22-16(24)10-12-4-1-2-5-12/h1,3-4,6-7,11-12H,2,5,8-10H2,(H,22,24)/b15-11-. The van der Waals surface area contributed by atoms with Gasteiger partial charge in [0, 0.05) is 19.5 Å². The third kappa shape index (κ3) is 4.94. The Kier molecular flexibility index (Phi) is 6.63. The summed E-state index contributed by atoms with van der Waals surface area (Å²) in [7, 11) is 0. The Morgan fingerprint density at radius 2 is 2.15 bits per heavy atom. The number of rotatable bonds is 6. The van der Waals surface area contributed by atoms with Gasteiger partial charge in [0.15, 0.2) is 0 Å².